The summed E-state index contributed by atoms with van der Waals surface area (Å²) in [5.74, 6) is 0.0256. The molecule has 1 unspecified atom stereocenters. The number of hydrogen-bond acceptors (Lipinski definition) is 3. The van der Waals surface area contributed by atoms with Crippen LogP contribution in [0.1, 0.15) is 18.3 Å². The Bertz CT molecular complexity index is 397. The van der Waals surface area contributed by atoms with E-state index in [1.165, 1.54) is 11.7 Å². The van der Waals surface area contributed by atoms with Gasteiger partial charge in [-0.1, -0.05) is 24.9 Å². The van der Waals surface area contributed by atoms with E-state index in [1.54, 1.807) is 0 Å². The Hall–Kier alpha value is -0.895. The van der Waals surface area contributed by atoms with Gasteiger partial charge in [-0.2, -0.15) is 8.75 Å². The van der Waals surface area contributed by atoms with E-state index in [2.05, 4.69) is 8.75 Å². The van der Waals surface area contributed by atoms with Gasteiger partial charge in [-0.15, -0.1) is 0 Å². The van der Waals surface area contributed by atoms with Gasteiger partial charge in [0, 0.05) is 0 Å². The average Bonchev–Trinajstić information content (AvgIpc) is 2.49. The molecule has 1 heterocycles. The molecule has 2 radical (unpaired) electrons. The number of benzene rings is 1. The molecule has 4 heteroatoms. The van der Waals surface area contributed by atoms with E-state index >= 15 is 0 Å². The molecule has 2 nitrogen and oxygen atoms in total. The molecule has 0 fully saturated rings. The molecule has 0 amide bonds. The van der Waals surface area contributed by atoms with E-state index in [0.29, 0.717) is 0 Å². The van der Waals surface area contributed by atoms with E-state index in [0.717, 1.165) is 16.6 Å². The highest BCUT2D eigenvalue weighted by molar-refractivity contribution is 7.00. The van der Waals surface area contributed by atoms with Gasteiger partial charge in [0.2, 0.25) is 0 Å². The molecule has 1 aromatic heterocycles. The summed E-state index contributed by atoms with van der Waals surface area (Å²) in [4.78, 5) is 0. The highest BCUT2D eigenvalue weighted by atomic mass is 32.1. The van der Waals surface area contributed by atoms with Crippen molar-refractivity contribution < 1.29 is 0 Å². The maximum Gasteiger partial charge on any atom is 0.107 e. The number of fused-ring (bicyclic) bond motifs is 1. The highest BCUT2D eigenvalue weighted by Gasteiger charge is 2.06. The van der Waals surface area contributed by atoms with E-state index in [9.17, 15) is 0 Å². The molecule has 2 aromatic rings. The molecule has 1 aromatic carbocycles. The minimum atomic E-state index is 0.0256. The van der Waals surface area contributed by atoms with E-state index in [1.807, 2.05) is 25.1 Å². The van der Waals surface area contributed by atoms with Gasteiger partial charge >= 0.3 is 0 Å². The summed E-state index contributed by atoms with van der Waals surface area (Å²) < 4.78 is 8.33. The van der Waals surface area contributed by atoms with Gasteiger partial charge in [0.1, 0.15) is 11.0 Å². The predicted molar refractivity (Wildman–Crippen MR) is 51.6 cm³/mol. The largest absolute Gasteiger partial charge is 0.173 e. The Labute approximate surface area is 76.4 Å². The molecule has 0 aliphatic heterocycles. The highest BCUT2D eigenvalue weighted by Crippen LogP contribution is 2.21. The minimum absolute atomic E-state index is 0.0256. The van der Waals surface area contributed by atoms with Crippen molar-refractivity contribution in [1.82, 2.24) is 8.75 Å². The van der Waals surface area contributed by atoms with Crippen molar-refractivity contribution in [3.63, 3.8) is 0 Å². The maximum atomic E-state index is 5.78. The third-order valence-electron chi connectivity index (χ3n) is 1.81. The van der Waals surface area contributed by atoms with Crippen LogP contribution in [0.15, 0.2) is 18.2 Å². The smallest absolute Gasteiger partial charge is 0.107 e. The molecule has 0 spiro atoms. The fraction of sp³-hybridized carbons (Fsp3) is 0.250. The van der Waals surface area contributed by atoms with Crippen molar-refractivity contribution >= 4 is 30.6 Å². The van der Waals surface area contributed by atoms with Crippen molar-refractivity contribution in [3.05, 3.63) is 23.8 Å². The van der Waals surface area contributed by atoms with Crippen molar-refractivity contribution in [1.29, 1.82) is 0 Å². The Kier molecular flexibility index (Phi) is 1.85. The molecule has 0 N–H and O–H groups in total. The summed E-state index contributed by atoms with van der Waals surface area (Å²) in [5, 5.41) is 0. The number of rotatable bonds is 1. The maximum absolute atomic E-state index is 5.78. The fourth-order valence-corrected chi connectivity index (χ4v) is 1.75. The molecule has 58 valence electrons. The van der Waals surface area contributed by atoms with Crippen LogP contribution in [0, 0.1) is 0 Å². The van der Waals surface area contributed by atoms with Crippen molar-refractivity contribution in [2.24, 2.45) is 0 Å². The first-order valence-corrected chi connectivity index (χ1v) is 4.49. The normalized spacial score (nSPS) is 13.4. The predicted octanol–water partition coefficient (Wildman–Crippen LogP) is 1.92. The quantitative estimate of drug-likeness (QED) is 0.617. The van der Waals surface area contributed by atoms with E-state index < -0.39 is 0 Å². The lowest BCUT2D eigenvalue weighted by Gasteiger charge is -2.04. The van der Waals surface area contributed by atoms with Crippen LogP contribution < -0.4 is 0 Å². The Morgan fingerprint density at radius 1 is 1.42 bits per heavy atom. The van der Waals surface area contributed by atoms with Crippen LogP contribution in [0.5, 0.6) is 0 Å². The van der Waals surface area contributed by atoms with Crippen LogP contribution in [0.25, 0.3) is 11.0 Å². The lowest BCUT2D eigenvalue weighted by atomic mass is 9.82. The number of aromatic nitrogens is 2. The summed E-state index contributed by atoms with van der Waals surface area (Å²) in [6.45, 7) is 1.95. The third-order valence-corrected chi connectivity index (χ3v) is 2.35. The monoisotopic (exact) mass is 174 g/mol. The van der Waals surface area contributed by atoms with Crippen LogP contribution in [0.4, 0.5) is 0 Å². The van der Waals surface area contributed by atoms with E-state index in [4.69, 9.17) is 7.85 Å². The molecule has 0 bridgehead atoms. The van der Waals surface area contributed by atoms with Crippen LogP contribution in [-0.2, 0) is 0 Å². The first-order valence-electron chi connectivity index (χ1n) is 3.76. The Balaban J connectivity index is 2.73. The molecule has 1 atom stereocenters. The standard InChI is InChI=1S/C8H7BN2S/c1-5(9)6-3-2-4-7-8(6)11-12-10-7/h2-5H,1H3. The second-order valence-corrected chi connectivity index (χ2v) is 3.30. The topological polar surface area (TPSA) is 25.8 Å². The molecule has 0 aliphatic rings. The second kappa shape index (κ2) is 2.86. The molecule has 0 aliphatic carbocycles. The lowest BCUT2D eigenvalue weighted by molar-refractivity contribution is 1.09. The summed E-state index contributed by atoms with van der Waals surface area (Å²) >= 11 is 1.23. The van der Waals surface area contributed by atoms with Gasteiger partial charge in [-0.25, -0.2) is 0 Å². The average molecular weight is 174 g/mol. The van der Waals surface area contributed by atoms with Crippen molar-refractivity contribution in [2.45, 2.75) is 12.7 Å². The second-order valence-electron chi connectivity index (χ2n) is 2.77. The number of nitrogens with zero attached hydrogens (tertiary/aromatic N) is 2. The molecule has 0 saturated carbocycles. The van der Waals surface area contributed by atoms with Gasteiger partial charge in [-0.05, 0) is 11.6 Å². The zero-order valence-corrected chi connectivity index (χ0v) is 7.51. The van der Waals surface area contributed by atoms with E-state index in [-0.39, 0.29) is 5.82 Å². The van der Waals surface area contributed by atoms with Crippen LogP contribution >= 0.6 is 11.7 Å². The summed E-state index contributed by atoms with van der Waals surface area (Å²) in [7, 11) is 5.78. The van der Waals surface area contributed by atoms with Gasteiger partial charge in [0.15, 0.2) is 0 Å². The third kappa shape index (κ3) is 1.12. The summed E-state index contributed by atoms with van der Waals surface area (Å²) in [6.07, 6.45) is 0. The SMILES string of the molecule is [B]C(C)c1cccc2nsnc12. The molecular weight excluding hydrogens is 167 g/mol. The van der Waals surface area contributed by atoms with Crippen LogP contribution in [0.3, 0.4) is 0 Å². The fourth-order valence-electron chi connectivity index (χ4n) is 1.19. The lowest BCUT2D eigenvalue weighted by Crippen LogP contribution is -1.92. The first kappa shape index (κ1) is 7.74. The summed E-state index contributed by atoms with van der Waals surface area (Å²) in [5.41, 5.74) is 2.95. The van der Waals surface area contributed by atoms with Gasteiger partial charge in [0.05, 0.1) is 19.6 Å². The first-order chi connectivity index (χ1) is 5.79. The minimum Gasteiger partial charge on any atom is -0.173 e. The Morgan fingerprint density at radius 2 is 2.25 bits per heavy atom. The molecular formula is C8H7BN2S. The van der Waals surface area contributed by atoms with Gasteiger partial charge < -0.3 is 0 Å². The van der Waals surface area contributed by atoms with Crippen molar-refractivity contribution in [3.8, 4) is 0 Å². The molecule has 0 saturated heterocycles. The zero-order valence-electron chi connectivity index (χ0n) is 6.69. The Morgan fingerprint density at radius 3 is 3.00 bits per heavy atom. The molecule has 2 rings (SSSR count). The molecule has 12 heavy (non-hydrogen) atoms. The van der Waals surface area contributed by atoms with Gasteiger partial charge in [-0.3, -0.25) is 0 Å². The van der Waals surface area contributed by atoms with Crippen LogP contribution in [0.2, 0.25) is 0 Å². The number of hydrogen-bond donors (Lipinski definition) is 0. The van der Waals surface area contributed by atoms with Crippen LogP contribution in [-0.4, -0.2) is 16.6 Å². The van der Waals surface area contributed by atoms with Crippen molar-refractivity contribution in [2.75, 3.05) is 0 Å². The zero-order chi connectivity index (χ0) is 8.55. The summed E-state index contributed by atoms with van der Waals surface area (Å²) in [6, 6.07) is 5.90. The van der Waals surface area contributed by atoms with Gasteiger partial charge in [0.25, 0.3) is 0 Å².